The number of nitrogens with zero attached hydrogens (tertiary/aromatic N) is 2. The highest BCUT2D eigenvalue weighted by Gasteiger charge is 2.21. The van der Waals surface area contributed by atoms with Crippen molar-refractivity contribution >= 4 is 11.8 Å². The molecule has 19 heavy (non-hydrogen) atoms. The normalized spacial score (nSPS) is 10.4. The molecule has 0 spiro atoms. The summed E-state index contributed by atoms with van der Waals surface area (Å²) in [4.78, 5) is 27.4. The van der Waals surface area contributed by atoms with E-state index in [0.717, 1.165) is 17.2 Å². The van der Waals surface area contributed by atoms with Crippen LogP contribution in [0.2, 0.25) is 0 Å². The molecule has 0 aliphatic heterocycles. The summed E-state index contributed by atoms with van der Waals surface area (Å²) in [5.41, 5.74) is -0.452. The number of carbonyl (C=O) groups excluding carboxylic acids is 2. The van der Waals surface area contributed by atoms with E-state index in [0.29, 0.717) is 0 Å². The smallest absolute Gasteiger partial charge is 0.257 e. The first-order valence-electron chi connectivity index (χ1n) is 5.67. The van der Waals surface area contributed by atoms with Gasteiger partial charge in [-0.15, -0.1) is 0 Å². The summed E-state index contributed by atoms with van der Waals surface area (Å²) >= 11 is 0. The molecule has 1 rings (SSSR count). The summed E-state index contributed by atoms with van der Waals surface area (Å²) in [6, 6.07) is 1.00. The quantitative estimate of drug-likeness (QED) is 0.830. The summed E-state index contributed by atoms with van der Waals surface area (Å²) in [7, 11) is 1.33. The second kappa shape index (κ2) is 6.21. The molecule has 5 nitrogen and oxygen atoms in total. The lowest BCUT2D eigenvalue weighted by atomic mass is 10.2. The molecule has 0 aromatic carbocycles. The molecule has 7 heteroatoms. The average molecular weight is 271 g/mol. The Kier molecular flexibility index (Phi) is 4.91. The van der Waals surface area contributed by atoms with E-state index in [1.807, 2.05) is 0 Å². The summed E-state index contributed by atoms with van der Waals surface area (Å²) < 4.78 is 26.3. The molecule has 0 fully saturated rings. The third-order valence-electron chi connectivity index (χ3n) is 2.25. The van der Waals surface area contributed by atoms with Crippen molar-refractivity contribution in [3.8, 4) is 0 Å². The van der Waals surface area contributed by atoms with Gasteiger partial charge in [-0.25, -0.2) is 9.37 Å². The Bertz CT molecular complexity index is 492. The van der Waals surface area contributed by atoms with Gasteiger partial charge in [-0.1, -0.05) is 0 Å². The lowest BCUT2D eigenvalue weighted by molar-refractivity contribution is -0.122. The van der Waals surface area contributed by atoms with Crippen molar-refractivity contribution in [2.75, 3.05) is 13.6 Å². The summed E-state index contributed by atoms with van der Waals surface area (Å²) in [5.74, 6) is -3.81. The Morgan fingerprint density at radius 1 is 1.42 bits per heavy atom. The Balaban J connectivity index is 2.77. The number of nitrogens with one attached hydrogen (secondary N) is 1. The van der Waals surface area contributed by atoms with Crippen molar-refractivity contribution in [1.29, 1.82) is 0 Å². The lowest BCUT2D eigenvalue weighted by Gasteiger charge is -2.18. The predicted molar refractivity (Wildman–Crippen MR) is 64.4 cm³/mol. The molecule has 0 bridgehead atoms. The van der Waals surface area contributed by atoms with E-state index in [4.69, 9.17) is 0 Å². The molecule has 0 saturated heterocycles. The van der Waals surface area contributed by atoms with Crippen molar-refractivity contribution in [3.63, 3.8) is 0 Å². The fourth-order valence-electron chi connectivity index (χ4n) is 1.44. The molecule has 1 aromatic rings. The molecular formula is C12H15F2N3O2. The van der Waals surface area contributed by atoms with Gasteiger partial charge < -0.3 is 10.2 Å². The number of likely N-dealkylation sites (N-methyl/N-ethyl adjacent to an activating group) is 1. The fraction of sp³-hybridized carbons (Fsp3) is 0.417. The molecule has 1 heterocycles. The minimum atomic E-state index is -1.34. The highest BCUT2D eigenvalue weighted by molar-refractivity contribution is 5.96. The number of aromatic nitrogens is 1. The van der Waals surface area contributed by atoms with Gasteiger partial charge in [-0.2, -0.15) is 4.39 Å². The minimum Gasteiger partial charge on any atom is -0.352 e. The van der Waals surface area contributed by atoms with Crippen LogP contribution < -0.4 is 5.32 Å². The Hall–Kier alpha value is -2.05. The van der Waals surface area contributed by atoms with Crippen LogP contribution in [0.3, 0.4) is 0 Å². The van der Waals surface area contributed by atoms with E-state index >= 15 is 0 Å². The van der Waals surface area contributed by atoms with Crippen LogP contribution >= 0.6 is 0 Å². The van der Waals surface area contributed by atoms with E-state index in [1.54, 1.807) is 13.8 Å². The Morgan fingerprint density at radius 2 is 2.05 bits per heavy atom. The van der Waals surface area contributed by atoms with Crippen molar-refractivity contribution in [2.45, 2.75) is 19.9 Å². The van der Waals surface area contributed by atoms with Crippen molar-refractivity contribution in [3.05, 3.63) is 29.6 Å². The second-order valence-corrected chi connectivity index (χ2v) is 4.35. The molecule has 0 atom stereocenters. The monoisotopic (exact) mass is 271 g/mol. The van der Waals surface area contributed by atoms with Crippen LogP contribution in [0.1, 0.15) is 24.2 Å². The number of rotatable bonds is 4. The molecule has 1 N–H and O–H groups in total. The molecule has 0 unspecified atom stereocenters. The standard InChI is InChI=1S/C12H15F2N3O2/c1-7(2)16-9(18)6-17(3)12(19)8-4-5-15-11(14)10(8)13/h4-5,7H,6H2,1-3H3,(H,16,18). The third kappa shape index (κ3) is 3.97. The van der Waals surface area contributed by atoms with Crippen LogP contribution in [0.5, 0.6) is 0 Å². The summed E-state index contributed by atoms with van der Waals surface area (Å²) in [5, 5.41) is 2.59. The lowest BCUT2D eigenvalue weighted by Crippen LogP contribution is -2.41. The van der Waals surface area contributed by atoms with Gasteiger partial charge in [-0.05, 0) is 19.9 Å². The number of hydrogen-bond acceptors (Lipinski definition) is 3. The summed E-state index contributed by atoms with van der Waals surface area (Å²) in [6.07, 6.45) is 0.994. The van der Waals surface area contributed by atoms with Gasteiger partial charge in [0, 0.05) is 19.3 Å². The number of carbonyl (C=O) groups is 2. The maximum Gasteiger partial charge on any atom is 0.257 e. The number of hydrogen-bond donors (Lipinski definition) is 1. The number of amides is 2. The number of pyridine rings is 1. The Labute approximate surface area is 109 Å². The van der Waals surface area contributed by atoms with E-state index in [9.17, 15) is 18.4 Å². The van der Waals surface area contributed by atoms with E-state index in [1.165, 1.54) is 7.05 Å². The van der Waals surface area contributed by atoms with Crippen molar-refractivity contribution < 1.29 is 18.4 Å². The van der Waals surface area contributed by atoms with Gasteiger partial charge >= 0.3 is 0 Å². The van der Waals surface area contributed by atoms with Gasteiger partial charge in [0.15, 0.2) is 5.82 Å². The van der Waals surface area contributed by atoms with E-state index in [2.05, 4.69) is 10.3 Å². The molecule has 2 amide bonds. The van der Waals surface area contributed by atoms with Gasteiger partial charge in [0.25, 0.3) is 5.91 Å². The molecular weight excluding hydrogens is 256 g/mol. The van der Waals surface area contributed by atoms with Gasteiger partial charge in [-0.3, -0.25) is 9.59 Å². The van der Waals surface area contributed by atoms with Crippen LogP contribution in [0, 0.1) is 11.8 Å². The molecule has 104 valence electrons. The van der Waals surface area contributed by atoms with Crippen LogP contribution in [0.15, 0.2) is 12.3 Å². The molecule has 0 aliphatic rings. The van der Waals surface area contributed by atoms with Crippen LogP contribution in [0.4, 0.5) is 8.78 Å². The topological polar surface area (TPSA) is 62.3 Å². The largest absolute Gasteiger partial charge is 0.352 e. The predicted octanol–water partition coefficient (Wildman–Crippen LogP) is 0.956. The number of halogens is 2. The van der Waals surface area contributed by atoms with E-state index in [-0.39, 0.29) is 18.5 Å². The first-order valence-corrected chi connectivity index (χ1v) is 5.67. The van der Waals surface area contributed by atoms with Gasteiger partial charge in [0.05, 0.1) is 12.1 Å². The van der Waals surface area contributed by atoms with Crippen LogP contribution in [-0.4, -0.2) is 41.3 Å². The summed E-state index contributed by atoms with van der Waals surface area (Å²) in [6.45, 7) is 3.32. The van der Waals surface area contributed by atoms with Crippen LogP contribution in [0.25, 0.3) is 0 Å². The highest BCUT2D eigenvalue weighted by atomic mass is 19.2. The van der Waals surface area contributed by atoms with E-state index < -0.39 is 23.2 Å². The van der Waals surface area contributed by atoms with Gasteiger partial charge in [0.2, 0.25) is 11.9 Å². The van der Waals surface area contributed by atoms with Crippen molar-refractivity contribution in [2.24, 2.45) is 0 Å². The van der Waals surface area contributed by atoms with Gasteiger partial charge in [0.1, 0.15) is 0 Å². The first kappa shape index (κ1) is 15.0. The van der Waals surface area contributed by atoms with Crippen LogP contribution in [-0.2, 0) is 4.79 Å². The maximum absolute atomic E-state index is 13.4. The average Bonchev–Trinajstić information content (AvgIpc) is 2.30. The zero-order valence-electron chi connectivity index (χ0n) is 10.9. The molecule has 0 saturated carbocycles. The molecule has 0 radical (unpaired) electrons. The second-order valence-electron chi connectivity index (χ2n) is 4.35. The SMILES string of the molecule is CC(C)NC(=O)CN(C)C(=O)c1ccnc(F)c1F. The molecule has 1 aromatic heterocycles. The maximum atomic E-state index is 13.4. The highest BCUT2D eigenvalue weighted by Crippen LogP contribution is 2.11. The molecule has 0 aliphatic carbocycles. The van der Waals surface area contributed by atoms with Crippen molar-refractivity contribution in [1.82, 2.24) is 15.2 Å². The zero-order valence-corrected chi connectivity index (χ0v) is 10.9. The first-order chi connectivity index (χ1) is 8.82. The zero-order chi connectivity index (χ0) is 14.6. The third-order valence-corrected chi connectivity index (χ3v) is 2.25. The Morgan fingerprint density at radius 3 is 2.63 bits per heavy atom. The minimum absolute atomic E-state index is 0.0638. The fourth-order valence-corrected chi connectivity index (χ4v) is 1.44.